The summed E-state index contributed by atoms with van der Waals surface area (Å²) in [6, 6.07) is 16.0. The van der Waals surface area contributed by atoms with Crippen LogP contribution in [0.1, 0.15) is 11.5 Å². The predicted octanol–water partition coefficient (Wildman–Crippen LogP) is 2.76. The second kappa shape index (κ2) is 8.77. The number of carbonyl (C=O) groups excluding carboxylic acids is 2. The Bertz CT molecular complexity index is 970. The van der Waals surface area contributed by atoms with Crippen LogP contribution in [0.4, 0.5) is 0 Å². The maximum Gasteiger partial charge on any atom is 0.329 e. The lowest BCUT2D eigenvalue weighted by Gasteiger charge is -2.02. The number of carbonyl (C=O) groups is 2. The van der Waals surface area contributed by atoms with Gasteiger partial charge in [0.1, 0.15) is 11.5 Å². The molecule has 3 rings (SSSR count). The van der Waals surface area contributed by atoms with Crippen LogP contribution < -0.4 is 10.7 Å². The zero-order valence-electron chi connectivity index (χ0n) is 14.1. The van der Waals surface area contributed by atoms with Crippen LogP contribution in [0.3, 0.4) is 0 Å². The number of rotatable bonds is 5. The fourth-order valence-electron chi connectivity index (χ4n) is 2.18. The molecule has 1 aromatic carbocycles. The number of amides is 2. The first-order valence-corrected chi connectivity index (χ1v) is 8.36. The number of nitrogens with zero attached hydrogens (tertiary/aromatic N) is 2. The standard InChI is InChI=1S/C19H15ClN4O3/c20-14-5-3-4-13(10-14)17-8-7-16(27-17)12-23-24-19(26)18(25)22-11-15-6-1-2-9-21-15/h1-10,12H,11H2,(H,22,25)(H,24,26)/b23-12+. The molecule has 3 aromatic rings. The average Bonchev–Trinajstić information content (AvgIpc) is 3.16. The van der Waals surface area contributed by atoms with Gasteiger partial charge in [0.25, 0.3) is 0 Å². The number of hydrogen-bond acceptors (Lipinski definition) is 5. The fourth-order valence-corrected chi connectivity index (χ4v) is 2.37. The summed E-state index contributed by atoms with van der Waals surface area (Å²) in [7, 11) is 0. The van der Waals surface area contributed by atoms with E-state index in [0.29, 0.717) is 22.2 Å². The van der Waals surface area contributed by atoms with Crippen molar-refractivity contribution < 1.29 is 14.0 Å². The Labute approximate surface area is 160 Å². The lowest BCUT2D eigenvalue weighted by Crippen LogP contribution is -2.37. The number of furan rings is 1. The molecular weight excluding hydrogens is 368 g/mol. The molecule has 0 aliphatic heterocycles. The van der Waals surface area contributed by atoms with E-state index in [9.17, 15) is 9.59 Å². The van der Waals surface area contributed by atoms with Crippen molar-refractivity contribution in [2.75, 3.05) is 0 Å². The van der Waals surface area contributed by atoms with E-state index >= 15 is 0 Å². The second-order valence-electron chi connectivity index (χ2n) is 5.42. The summed E-state index contributed by atoms with van der Waals surface area (Å²) in [5, 5.41) is 6.78. The molecule has 0 saturated heterocycles. The number of nitrogens with one attached hydrogen (secondary N) is 2. The van der Waals surface area contributed by atoms with Crippen molar-refractivity contribution in [3.05, 3.63) is 77.3 Å². The summed E-state index contributed by atoms with van der Waals surface area (Å²) in [5.41, 5.74) is 3.61. The summed E-state index contributed by atoms with van der Waals surface area (Å²) in [4.78, 5) is 27.5. The maximum absolute atomic E-state index is 11.7. The molecule has 0 spiro atoms. The van der Waals surface area contributed by atoms with Crippen LogP contribution >= 0.6 is 11.6 Å². The SMILES string of the molecule is O=C(NCc1ccccn1)C(=O)N/N=C/c1ccc(-c2cccc(Cl)c2)o1. The third kappa shape index (κ3) is 5.26. The van der Waals surface area contributed by atoms with Crippen LogP contribution in [-0.2, 0) is 16.1 Å². The summed E-state index contributed by atoms with van der Waals surface area (Å²) in [6.45, 7) is 0.151. The molecule has 0 aliphatic carbocycles. The molecule has 2 heterocycles. The van der Waals surface area contributed by atoms with E-state index < -0.39 is 11.8 Å². The van der Waals surface area contributed by atoms with Gasteiger partial charge in [-0.15, -0.1) is 0 Å². The predicted molar refractivity (Wildman–Crippen MR) is 101 cm³/mol. The Balaban J connectivity index is 1.51. The van der Waals surface area contributed by atoms with Gasteiger partial charge in [-0.2, -0.15) is 5.10 Å². The quantitative estimate of drug-likeness (QED) is 0.403. The number of pyridine rings is 1. The highest BCUT2D eigenvalue weighted by atomic mass is 35.5. The first kappa shape index (κ1) is 18.3. The Kier molecular flexibility index (Phi) is 5.96. The lowest BCUT2D eigenvalue weighted by atomic mass is 10.2. The molecular formula is C19H15ClN4O3. The molecule has 136 valence electrons. The van der Waals surface area contributed by atoms with Crippen LogP contribution in [0.2, 0.25) is 5.02 Å². The minimum atomic E-state index is -0.885. The fraction of sp³-hybridized carbons (Fsp3) is 0.0526. The Hall–Kier alpha value is -3.45. The number of hydrogen-bond donors (Lipinski definition) is 2. The molecule has 0 saturated carbocycles. The zero-order chi connectivity index (χ0) is 19.1. The van der Waals surface area contributed by atoms with Crippen molar-refractivity contribution in [1.82, 2.24) is 15.7 Å². The van der Waals surface area contributed by atoms with Gasteiger partial charge in [-0.3, -0.25) is 14.6 Å². The van der Waals surface area contributed by atoms with Gasteiger partial charge in [0.2, 0.25) is 0 Å². The molecule has 0 bridgehead atoms. The number of benzene rings is 1. The zero-order valence-corrected chi connectivity index (χ0v) is 14.8. The normalized spacial score (nSPS) is 10.7. The minimum absolute atomic E-state index is 0.151. The van der Waals surface area contributed by atoms with Gasteiger partial charge >= 0.3 is 11.8 Å². The van der Waals surface area contributed by atoms with Crippen molar-refractivity contribution in [2.24, 2.45) is 5.10 Å². The van der Waals surface area contributed by atoms with Crippen LogP contribution in [-0.4, -0.2) is 23.0 Å². The van der Waals surface area contributed by atoms with Crippen molar-refractivity contribution in [3.63, 3.8) is 0 Å². The van der Waals surface area contributed by atoms with E-state index in [0.717, 1.165) is 5.56 Å². The Morgan fingerprint density at radius 3 is 2.78 bits per heavy atom. The largest absolute Gasteiger partial charge is 0.455 e. The first-order chi connectivity index (χ1) is 13.1. The van der Waals surface area contributed by atoms with Crippen LogP contribution in [0, 0.1) is 0 Å². The molecule has 27 heavy (non-hydrogen) atoms. The van der Waals surface area contributed by atoms with Gasteiger partial charge in [0, 0.05) is 16.8 Å². The third-order valence-electron chi connectivity index (χ3n) is 3.46. The molecule has 0 aliphatic rings. The van der Waals surface area contributed by atoms with Crippen molar-refractivity contribution in [1.29, 1.82) is 0 Å². The third-order valence-corrected chi connectivity index (χ3v) is 3.69. The van der Waals surface area contributed by atoms with E-state index in [1.807, 2.05) is 12.1 Å². The van der Waals surface area contributed by atoms with Gasteiger partial charge in [-0.05, 0) is 36.4 Å². The van der Waals surface area contributed by atoms with Crippen LogP contribution in [0.15, 0.2) is 70.3 Å². The highest BCUT2D eigenvalue weighted by Gasteiger charge is 2.12. The molecule has 2 amide bonds. The first-order valence-electron chi connectivity index (χ1n) is 7.99. The summed E-state index contributed by atoms with van der Waals surface area (Å²) < 4.78 is 5.60. The van der Waals surface area contributed by atoms with E-state index in [1.54, 1.807) is 48.7 Å². The molecule has 0 radical (unpaired) electrons. The van der Waals surface area contributed by atoms with Crippen LogP contribution in [0.25, 0.3) is 11.3 Å². The van der Waals surface area contributed by atoms with E-state index in [-0.39, 0.29) is 6.54 Å². The lowest BCUT2D eigenvalue weighted by molar-refractivity contribution is -0.139. The maximum atomic E-state index is 11.7. The highest BCUT2D eigenvalue weighted by molar-refractivity contribution is 6.35. The smallest absolute Gasteiger partial charge is 0.329 e. The van der Waals surface area contributed by atoms with Gasteiger partial charge in [0.15, 0.2) is 0 Å². The molecule has 7 nitrogen and oxygen atoms in total. The van der Waals surface area contributed by atoms with E-state index in [1.165, 1.54) is 6.21 Å². The monoisotopic (exact) mass is 382 g/mol. The molecule has 8 heteroatoms. The van der Waals surface area contributed by atoms with Crippen LogP contribution in [0.5, 0.6) is 0 Å². The van der Waals surface area contributed by atoms with Gasteiger partial charge in [-0.25, -0.2) is 5.43 Å². The minimum Gasteiger partial charge on any atom is -0.455 e. The number of halogens is 1. The Morgan fingerprint density at radius 1 is 1.11 bits per heavy atom. The molecule has 0 fully saturated rings. The number of aromatic nitrogens is 1. The Morgan fingerprint density at radius 2 is 2.00 bits per heavy atom. The van der Waals surface area contributed by atoms with Crippen molar-refractivity contribution in [2.45, 2.75) is 6.54 Å². The van der Waals surface area contributed by atoms with E-state index in [4.69, 9.17) is 16.0 Å². The molecule has 2 N–H and O–H groups in total. The summed E-state index contributed by atoms with van der Waals surface area (Å²) in [5.74, 6) is -0.668. The highest BCUT2D eigenvalue weighted by Crippen LogP contribution is 2.24. The van der Waals surface area contributed by atoms with Crippen molar-refractivity contribution in [3.8, 4) is 11.3 Å². The number of hydrazone groups is 1. The molecule has 0 unspecified atom stereocenters. The van der Waals surface area contributed by atoms with Crippen molar-refractivity contribution >= 4 is 29.6 Å². The second-order valence-corrected chi connectivity index (χ2v) is 5.85. The van der Waals surface area contributed by atoms with Gasteiger partial charge in [-0.1, -0.05) is 29.8 Å². The topological polar surface area (TPSA) is 96.6 Å². The molecule has 2 aromatic heterocycles. The summed E-state index contributed by atoms with van der Waals surface area (Å²) >= 11 is 5.96. The van der Waals surface area contributed by atoms with Gasteiger partial charge < -0.3 is 9.73 Å². The molecule has 0 atom stereocenters. The van der Waals surface area contributed by atoms with E-state index in [2.05, 4.69) is 20.8 Å². The summed E-state index contributed by atoms with van der Waals surface area (Å²) in [6.07, 6.45) is 2.91. The van der Waals surface area contributed by atoms with Gasteiger partial charge in [0.05, 0.1) is 18.5 Å². The average molecular weight is 383 g/mol.